The summed E-state index contributed by atoms with van der Waals surface area (Å²) in [6.07, 6.45) is -1.13. The summed E-state index contributed by atoms with van der Waals surface area (Å²) in [6.45, 7) is 0. The van der Waals surface area contributed by atoms with Crippen molar-refractivity contribution in [3.05, 3.63) is 27.6 Å². The molecule has 1 aliphatic heterocycles. The molecule has 1 atom stereocenters. The molecule has 6 nitrogen and oxygen atoms in total. The molecule has 1 aromatic carbocycles. The van der Waals surface area contributed by atoms with E-state index < -0.39 is 23.8 Å². The summed E-state index contributed by atoms with van der Waals surface area (Å²) in [5.41, 5.74) is 0.0899. The number of rotatable bonds is 3. The molecule has 0 spiro atoms. The number of anilines is 1. The predicted molar refractivity (Wildman–Crippen MR) is 72.3 cm³/mol. The van der Waals surface area contributed by atoms with E-state index in [2.05, 4.69) is 10.5 Å². The van der Waals surface area contributed by atoms with E-state index in [0.29, 0.717) is 5.69 Å². The molecule has 0 saturated carbocycles. The number of halogens is 2. The summed E-state index contributed by atoms with van der Waals surface area (Å²) < 4.78 is 13.6. The number of aliphatic carboxylic acids is 1. The number of carboxylic acids is 1. The number of hydrogen-bond donors (Lipinski definition) is 2. The molecule has 0 aliphatic carbocycles. The number of nitrogens with zero attached hydrogens (tertiary/aromatic N) is 1. The quantitative estimate of drug-likeness (QED) is 0.783. The number of amides is 1. The van der Waals surface area contributed by atoms with E-state index in [-0.39, 0.29) is 15.7 Å². The van der Waals surface area contributed by atoms with Gasteiger partial charge in [0.1, 0.15) is 5.82 Å². The Morgan fingerprint density at radius 3 is 2.89 bits per heavy atom. The first-order chi connectivity index (χ1) is 8.99. The molecule has 1 unspecified atom stereocenters. The van der Waals surface area contributed by atoms with Crippen molar-refractivity contribution in [2.75, 3.05) is 5.32 Å². The highest BCUT2D eigenvalue weighted by atomic mass is 127. The molecule has 100 valence electrons. The smallest absolute Gasteiger partial charge is 0.353 e. The van der Waals surface area contributed by atoms with Crippen LogP contribution in [0.15, 0.2) is 23.4 Å². The Labute approximate surface area is 120 Å². The van der Waals surface area contributed by atoms with Gasteiger partial charge in [0, 0.05) is 6.42 Å². The Bertz CT molecular complexity index is 576. The van der Waals surface area contributed by atoms with Crippen molar-refractivity contribution < 1.29 is 23.9 Å². The zero-order chi connectivity index (χ0) is 14.0. The van der Waals surface area contributed by atoms with Crippen LogP contribution in [0, 0.1) is 9.39 Å². The van der Waals surface area contributed by atoms with E-state index in [1.54, 1.807) is 22.6 Å². The number of benzene rings is 1. The highest BCUT2D eigenvalue weighted by molar-refractivity contribution is 14.1. The van der Waals surface area contributed by atoms with Crippen LogP contribution in [0.25, 0.3) is 0 Å². The molecule has 0 bridgehead atoms. The van der Waals surface area contributed by atoms with E-state index in [0.717, 1.165) is 0 Å². The maximum atomic E-state index is 13.3. The average molecular weight is 378 g/mol. The number of hydrogen-bond acceptors (Lipinski definition) is 4. The lowest BCUT2D eigenvalue weighted by molar-refractivity contribution is -0.129. The molecule has 2 N–H and O–H groups in total. The fourth-order valence-electron chi connectivity index (χ4n) is 1.46. The van der Waals surface area contributed by atoms with Gasteiger partial charge in [0.25, 0.3) is 5.91 Å². The number of carbonyl (C=O) groups is 2. The summed E-state index contributed by atoms with van der Waals surface area (Å²) in [5.74, 6) is -2.24. The monoisotopic (exact) mass is 378 g/mol. The molecule has 0 radical (unpaired) electrons. The molecule has 1 aromatic rings. The molecule has 1 amide bonds. The molecule has 0 fully saturated rings. The first-order valence-electron chi connectivity index (χ1n) is 5.20. The van der Waals surface area contributed by atoms with Crippen molar-refractivity contribution in [2.45, 2.75) is 12.5 Å². The topological polar surface area (TPSA) is 88.0 Å². The Hall–Kier alpha value is -1.71. The third-order valence-electron chi connectivity index (χ3n) is 2.42. The van der Waals surface area contributed by atoms with E-state index in [9.17, 15) is 14.0 Å². The van der Waals surface area contributed by atoms with Gasteiger partial charge in [-0.2, -0.15) is 0 Å². The van der Waals surface area contributed by atoms with Gasteiger partial charge in [-0.05, 0) is 34.7 Å². The summed E-state index contributed by atoms with van der Waals surface area (Å²) in [7, 11) is 0. The van der Waals surface area contributed by atoms with Gasteiger partial charge in [-0.15, -0.1) is 0 Å². The minimum Gasteiger partial charge on any atom is -0.477 e. The van der Waals surface area contributed by atoms with Gasteiger partial charge >= 0.3 is 5.97 Å². The minimum atomic E-state index is -1.23. The van der Waals surface area contributed by atoms with Crippen molar-refractivity contribution in [1.29, 1.82) is 0 Å². The fourth-order valence-corrected chi connectivity index (χ4v) is 1.95. The van der Waals surface area contributed by atoms with E-state index in [4.69, 9.17) is 9.94 Å². The zero-order valence-corrected chi connectivity index (χ0v) is 11.5. The Morgan fingerprint density at radius 1 is 1.53 bits per heavy atom. The number of carboxylic acid groups (broad SMARTS) is 1. The molecule has 19 heavy (non-hydrogen) atoms. The van der Waals surface area contributed by atoms with Gasteiger partial charge < -0.3 is 15.3 Å². The Balaban J connectivity index is 2.03. The second kappa shape index (κ2) is 5.51. The maximum absolute atomic E-state index is 13.3. The van der Waals surface area contributed by atoms with Crippen molar-refractivity contribution in [1.82, 2.24) is 0 Å². The van der Waals surface area contributed by atoms with Crippen LogP contribution >= 0.6 is 22.6 Å². The summed E-state index contributed by atoms with van der Waals surface area (Å²) in [5, 5.41) is 14.5. The largest absolute Gasteiger partial charge is 0.477 e. The van der Waals surface area contributed by atoms with Crippen LogP contribution in [0.1, 0.15) is 6.42 Å². The van der Waals surface area contributed by atoms with Crippen molar-refractivity contribution >= 4 is 45.9 Å². The first-order valence-corrected chi connectivity index (χ1v) is 6.27. The summed E-state index contributed by atoms with van der Waals surface area (Å²) in [4.78, 5) is 27.2. The number of carbonyl (C=O) groups excluding carboxylic acids is 1. The van der Waals surface area contributed by atoms with E-state index in [1.807, 2.05) is 0 Å². The van der Waals surface area contributed by atoms with Crippen LogP contribution in [-0.2, 0) is 14.4 Å². The van der Waals surface area contributed by atoms with Crippen molar-refractivity contribution in [3.8, 4) is 0 Å². The molecule has 1 heterocycles. The molecule has 8 heteroatoms. The third-order valence-corrected chi connectivity index (χ3v) is 3.51. The fraction of sp³-hybridized carbons (Fsp3) is 0.182. The normalized spacial score (nSPS) is 17.6. The van der Waals surface area contributed by atoms with E-state index in [1.165, 1.54) is 18.2 Å². The summed E-state index contributed by atoms with van der Waals surface area (Å²) in [6, 6.07) is 4.27. The highest BCUT2D eigenvalue weighted by Crippen LogP contribution is 2.22. The van der Waals surface area contributed by atoms with Crippen LogP contribution < -0.4 is 5.32 Å². The van der Waals surface area contributed by atoms with Crippen LogP contribution in [0.2, 0.25) is 0 Å². The molecular weight excluding hydrogens is 370 g/mol. The van der Waals surface area contributed by atoms with Gasteiger partial charge in [0.05, 0.1) is 9.26 Å². The van der Waals surface area contributed by atoms with Crippen molar-refractivity contribution in [2.24, 2.45) is 5.16 Å². The molecule has 0 aromatic heterocycles. The first kappa shape index (κ1) is 13.7. The average Bonchev–Trinajstić information content (AvgIpc) is 2.84. The van der Waals surface area contributed by atoms with Gasteiger partial charge in [-0.3, -0.25) is 4.79 Å². The number of nitrogens with one attached hydrogen (secondary N) is 1. The van der Waals surface area contributed by atoms with Crippen LogP contribution in [-0.4, -0.2) is 28.8 Å². The van der Waals surface area contributed by atoms with Gasteiger partial charge in [-0.25, -0.2) is 9.18 Å². The zero-order valence-electron chi connectivity index (χ0n) is 9.39. The van der Waals surface area contributed by atoms with Crippen molar-refractivity contribution in [3.63, 3.8) is 0 Å². The standard InChI is InChI=1S/C11H8FIN2O4/c12-5-2-1-3-6(9(5)13)14-10(16)8-4-7(11(17)18)15-19-8/h1-3,8H,4H2,(H,14,16)(H,17,18). The molecule has 1 aliphatic rings. The lowest BCUT2D eigenvalue weighted by atomic mass is 10.1. The highest BCUT2D eigenvalue weighted by Gasteiger charge is 2.31. The second-order valence-corrected chi connectivity index (χ2v) is 4.81. The van der Waals surface area contributed by atoms with E-state index >= 15 is 0 Å². The Kier molecular flexibility index (Phi) is 3.98. The molecular formula is C11H8FIN2O4. The van der Waals surface area contributed by atoms with Gasteiger partial charge in [0.2, 0.25) is 6.10 Å². The van der Waals surface area contributed by atoms with Gasteiger partial charge in [-0.1, -0.05) is 11.2 Å². The lowest BCUT2D eigenvalue weighted by Crippen LogP contribution is -2.29. The van der Waals surface area contributed by atoms with Crippen LogP contribution in [0.3, 0.4) is 0 Å². The minimum absolute atomic E-state index is 0.118. The maximum Gasteiger partial charge on any atom is 0.353 e. The van der Waals surface area contributed by atoms with Gasteiger partial charge in [0.15, 0.2) is 5.71 Å². The van der Waals surface area contributed by atoms with Crippen LogP contribution in [0.5, 0.6) is 0 Å². The second-order valence-electron chi connectivity index (χ2n) is 3.73. The summed E-state index contributed by atoms with van der Waals surface area (Å²) >= 11 is 1.76. The third kappa shape index (κ3) is 3.00. The predicted octanol–water partition coefficient (Wildman–Crippen LogP) is 1.60. The lowest BCUT2D eigenvalue weighted by Gasteiger charge is -2.10. The SMILES string of the molecule is O=C(O)C1=NOC(C(=O)Nc2cccc(F)c2I)C1. The molecule has 0 saturated heterocycles. The number of oxime groups is 1. The van der Waals surface area contributed by atoms with Crippen LogP contribution in [0.4, 0.5) is 10.1 Å². The molecule has 2 rings (SSSR count). The Morgan fingerprint density at radius 2 is 2.26 bits per heavy atom.